The number of nitrogens with zero attached hydrogens (tertiary/aromatic N) is 2. The van der Waals surface area contributed by atoms with Crippen LogP contribution in [0.5, 0.6) is 0 Å². The number of para-hydroxylation sites is 2. The van der Waals surface area contributed by atoms with Crippen molar-refractivity contribution in [1.82, 2.24) is 0 Å². The van der Waals surface area contributed by atoms with Crippen molar-refractivity contribution in [1.29, 1.82) is 0 Å². The Kier molecular flexibility index (Phi) is 6.78. The maximum Gasteiger partial charge on any atom is 0.252 e. The van der Waals surface area contributed by atoms with Crippen LogP contribution in [0.3, 0.4) is 0 Å². The Morgan fingerprint density at radius 3 is 1.46 bits per heavy atom. The summed E-state index contributed by atoms with van der Waals surface area (Å²) in [5, 5.41) is 0. The molecule has 1 unspecified atom stereocenters. The first-order valence-corrected chi connectivity index (χ1v) is 24.9. The molecule has 8 aliphatic rings. The van der Waals surface area contributed by atoms with Gasteiger partial charge in [-0.25, -0.2) is 0 Å². The quantitative estimate of drug-likeness (QED) is 0.160. The van der Waals surface area contributed by atoms with Gasteiger partial charge in [0.15, 0.2) is 0 Å². The zero-order chi connectivity index (χ0) is 43.6. The van der Waals surface area contributed by atoms with Crippen LogP contribution >= 0.6 is 0 Å². The summed E-state index contributed by atoms with van der Waals surface area (Å²) in [4.78, 5) is 5.32. The number of rotatable bonds is 2. The lowest BCUT2D eigenvalue weighted by Crippen LogP contribution is -2.62. The molecule has 0 aromatic heterocycles. The van der Waals surface area contributed by atoms with Crippen LogP contribution in [0, 0.1) is 33.5 Å². The van der Waals surface area contributed by atoms with E-state index in [1.807, 2.05) is 0 Å². The summed E-state index contributed by atoms with van der Waals surface area (Å²) in [6, 6.07) is 59.6. The third kappa shape index (κ3) is 3.86. The number of hydrogen-bond acceptors (Lipinski definition) is 2. The van der Waals surface area contributed by atoms with Crippen molar-refractivity contribution in [2.45, 2.75) is 90.9 Å². The molecule has 2 spiro atoms. The first kappa shape index (κ1) is 37.4. The zero-order valence-corrected chi connectivity index (χ0v) is 38.8. The third-order valence-electron chi connectivity index (χ3n) is 21.4. The van der Waals surface area contributed by atoms with Crippen LogP contribution in [-0.4, -0.2) is 6.71 Å². The molecule has 0 amide bonds. The molecule has 0 radical (unpaired) electrons. The van der Waals surface area contributed by atoms with E-state index in [-0.39, 0.29) is 39.2 Å². The molecule has 3 heteroatoms. The molecule has 0 N–H and O–H groups in total. The van der Waals surface area contributed by atoms with Crippen molar-refractivity contribution in [3.8, 4) is 22.3 Å². The highest BCUT2D eigenvalue weighted by Gasteiger charge is 2.73. The first-order chi connectivity index (χ1) is 31.5. The zero-order valence-electron chi connectivity index (χ0n) is 38.8. The predicted molar refractivity (Wildman–Crippen MR) is 271 cm³/mol. The van der Waals surface area contributed by atoms with Gasteiger partial charge in [-0.1, -0.05) is 151 Å². The third-order valence-corrected chi connectivity index (χ3v) is 21.4. The van der Waals surface area contributed by atoms with E-state index in [9.17, 15) is 0 Å². The van der Waals surface area contributed by atoms with Crippen molar-refractivity contribution in [2.24, 2.45) is 33.5 Å². The van der Waals surface area contributed by atoms with Crippen molar-refractivity contribution in [3.63, 3.8) is 0 Å². The van der Waals surface area contributed by atoms with Crippen molar-refractivity contribution in [2.75, 3.05) is 9.80 Å². The van der Waals surface area contributed by atoms with Gasteiger partial charge in [0.2, 0.25) is 0 Å². The van der Waals surface area contributed by atoms with Crippen LogP contribution in [0.15, 0.2) is 152 Å². The monoisotopic (exact) mass is 840 g/mol. The van der Waals surface area contributed by atoms with Crippen molar-refractivity contribution >= 4 is 57.2 Å². The number of hydrogen-bond donors (Lipinski definition) is 0. The normalized spacial score (nSPS) is 30.0. The summed E-state index contributed by atoms with van der Waals surface area (Å²) in [6.07, 6.45) is 7.69. The molecule has 2 nitrogen and oxygen atoms in total. The van der Waals surface area contributed by atoms with Crippen LogP contribution in [0.2, 0.25) is 0 Å². The van der Waals surface area contributed by atoms with Gasteiger partial charge in [-0.05, 0) is 170 Å². The molecule has 2 heterocycles. The van der Waals surface area contributed by atoms with E-state index < -0.39 is 0 Å². The van der Waals surface area contributed by atoms with E-state index >= 15 is 0 Å². The van der Waals surface area contributed by atoms with Gasteiger partial charge in [0.05, 0.1) is 0 Å². The van der Waals surface area contributed by atoms with Gasteiger partial charge in [-0.15, -0.1) is 0 Å². The van der Waals surface area contributed by atoms with E-state index in [1.54, 1.807) is 22.3 Å². The molecule has 15 rings (SSSR count). The largest absolute Gasteiger partial charge is 0.311 e. The molecule has 6 aliphatic carbocycles. The van der Waals surface area contributed by atoms with Gasteiger partial charge in [-0.2, -0.15) is 0 Å². The Morgan fingerprint density at radius 1 is 0.431 bits per heavy atom. The van der Waals surface area contributed by atoms with Crippen LogP contribution in [0.1, 0.15) is 102 Å². The molecule has 6 atom stereocenters. The summed E-state index contributed by atoms with van der Waals surface area (Å²) in [7, 11) is 0. The van der Waals surface area contributed by atoms with E-state index in [1.165, 1.54) is 111 Å². The lowest BCUT2D eigenvalue weighted by Gasteiger charge is -2.49. The molecular formula is C62H57BN2. The van der Waals surface area contributed by atoms with Gasteiger partial charge in [0.25, 0.3) is 6.71 Å². The highest BCUT2D eigenvalue weighted by molar-refractivity contribution is 7.01. The van der Waals surface area contributed by atoms with Gasteiger partial charge in [0, 0.05) is 50.5 Å². The highest BCUT2D eigenvalue weighted by atomic mass is 15.2. The molecule has 318 valence electrons. The molecule has 7 aromatic carbocycles. The van der Waals surface area contributed by atoms with Crippen molar-refractivity contribution < 1.29 is 0 Å². The van der Waals surface area contributed by atoms with E-state index in [2.05, 4.69) is 203 Å². The fourth-order valence-electron chi connectivity index (χ4n) is 17.8. The SMILES string of the molecule is CC1(C)[C@H]2CCC1(C)[C@@]1(C2)c2ccccc2-c2c1ccc1c2N(c2ccccc2)c2cccc3c2B1c1c(ccc2c1-c1ccccc1[C@@]21C[C@H]2CC[C@]1(C)C2(C)C)N3c1ccccc1. The van der Waals surface area contributed by atoms with Crippen LogP contribution in [-0.2, 0) is 10.8 Å². The van der Waals surface area contributed by atoms with Gasteiger partial charge >= 0.3 is 0 Å². The molecule has 4 saturated carbocycles. The maximum atomic E-state index is 2.70. The molecule has 65 heavy (non-hydrogen) atoms. The summed E-state index contributed by atoms with van der Waals surface area (Å²) in [5.74, 6) is 1.41. The topological polar surface area (TPSA) is 6.48 Å². The second kappa shape index (κ2) is 11.8. The Balaban J connectivity index is 1.09. The molecule has 2 aliphatic heterocycles. The van der Waals surface area contributed by atoms with Crippen LogP contribution in [0.25, 0.3) is 22.3 Å². The van der Waals surface area contributed by atoms with E-state index in [0.29, 0.717) is 11.8 Å². The van der Waals surface area contributed by atoms with Gasteiger partial charge in [-0.3, -0.25) is 0 Å². The Labute approximate surface area is 385 Å². The smallest absolute Gasteiger partial charge is 0.252 e. The van der Waals surface area contributed by atoms with E-state index in [4.69, 9.17) is 0 Å². The summed E-state index contributed by atoms with van der Waals surface area (Å²) in [5.41, 5.74) is 25.0. The van der Waals surface area contributed by atoms with Crippen LogP contribution < -0.4 is 26.2 Å². The second-order valence-electron chi connectivity index (χ2n) is 23.2. The van der Waals surface area contributed by atoms with Crippen LogP contribution in [0.4, 0.5) is 34.1 Å². The fourth-order valence-corrected chi connectivity index (χ4v) is 17.8. The lowest BCUT2D eigenvalue weighted by molar-refractivity contribution is 0.0990. The lowest BCUT2D eigenvalue weighted by atomic mass is 9.32. The number of benzene rings is 7. The van der Waals surface area contributed by atoms with Gasteiger partial charge in [0.1, 0.15) is 0 Å². The highest BCUT2D eigenvalue weighted by Crippen LogP contribution is 2.80. The summed E-state index contributed by atoms with van der Waals surface area (Å²) in [6.45, 7) is 15.8. The van der Waals surface area contributed by atoms with Crippen molar-refractivity contribution in [3.05, 3.63) is 174 Å². The Morgan fingerprint density at radius 2 is 0.908 bits per heavy atom. The molecule has 7 aromatic rings. The fraction of sp³-hybridized carbons (Fsp3) is 0.323. The Hall–Kier alpha value is -5.80. The number of fused-ring (bicyclic) bond motifs is 22. The average molecular weight is 841 g/mol. The summed E-state index contributed by atoms with van der Waals surface area (Å²) >= 11 is 0. The predicted octanol–water partition coefficient (Wildman–Crippen LogP) is 14.0. The minimum Gasteiger partial charge on any atom is -0.311 e. The molecule has 0 saturated heterocycles. The molecule has 4 fully saturated rings. The molecule has 4 bridgehead atoms. The number of anilines is 6. The second-order valence-corrected chi connectivity index (χ2v) is 23.2. The molecular weight excluding hydrogens is 784 g/mol. The Bertz CT molecular complexity index is 3260. The minimum atomic E-state index is -0.0317. The standard InChI is InChI=1S/C62H57BN2/c1-57(2)38-32-34-59(57,5)61(36-38)44-24-15-13-22-42(44)52-46(61)29-31-51-55(52)63-48-30-28-47-53(43-23-14-16-25-45(43)62(47)37-39-33-35-60(62,6)58(39,3)4)56(48)65(41-20-11-8-12-21-41)50-27-17-26-49(54(50)63)64(51)40-18-9-7-10-19-40/h7-31,38-39H,32-37H2,1-6H3/t38-,39+,59-,60?,61+,62+/m1/s1. The average Bonchev–Trinajstić information content (AvgIpc) is 4.03. The first-order valence-electron chi connectivity index (χ1n) is 24.9. The van der Waals surface area contributed by atoms with Gasteiger partial charge < -0.3 is 9.80 Å². The minimum absolute atomic E-state index is 0.0292. The maximum absolute atomic E-state index is 2.70. The summed E-state index contributed by atoms with van der Waals surface area (Å²) < 4.78 is 0. The van der Waals surface area contributed by atoms with E-state index in [0.717, 1.165) is 0 Å².